The summed E-state index contributed by atoms with van der Waals surface area (Å²) in [6, 6.07) is 15.0. The van der Waals surface area contributed by atoms with E-state index in [-0.39, 0.29) is 41.8 Å². The minimum absolute atomic E-state index is 0.0455. The molecule has 6 heterocycles. The van der Waals surface area contributed by atoms with E-state index in [1.165, 1.54) is 13.1 Å². The van der Waals surface area contributed by atoms with Crippen LogP contribution in [0.5, 0.6) is 0 Å². The van der Waals surface area contributed by atoms with Gasteiger partial charge in [-0.3, -0.25) is 33.9 Å². The first-order valence-electron chi connectivity index (χ1n) is 21.4. The molecule has 3 aromatic carbocycles. The van der Waals surface area contributed by atoms with Crippen LogP contribution in [0.1, 0.15) is 93.2 Å². The molecule has 9 rings (SSSR count). The van der Waals surface area contributed by atoms with Crippen molar-refractivity contribution in [2.75, 3.05) is 51.2 Å². The molecular formula is C46H50F3N7O5. The van der Waals surface area contributed by atoms with Gasteiger partial charge >= 0.3 is 0 Å². The molecule has 320 valence electrons. The van der Waals surface area contributed by atoms with Gasteiger partial charge in [0.2, 0.25) is 11.8 Å². The number of piperidine rings is 2. The molecule has 0 spiro atoms. The SMILES string of the molecule is CNC(=O)C(CCC=O)N1C(=O)c2cc3c(cc2C1=O)CN(C1CCN(C(=O)C2CCN(c4ccc([C@@H]5c6[nH]c7ccccc7c6CCN5CC(F)F)c(F)c4)CC2)CC1)C3. The van der Waals surface area contributed by atoms with Crippen LogP contribution < -0.4 is 10.2 Å². The molecule has 2 atom stereocenters. The van der Waals surface area contributed by atoms with Crippen LogP contribution in [0.2, 0.25) is 0 Å². The molecule has 0 bridgehead atoms. The van der Waals surface area contributed by atoms with Gasteiger partial charge < -0.3 is 24.9 Å². The molecule has 5 aliphatic rings. The molecule has 15 heteroatoms. The Morgan fingerprint density at radius 3 is 2.23 bits per heavy atom. The van der Waals surface area contributed by atoms with Crippen LogP contribution in [0.3, 0.4) is 0 Å². The zero-order valence-corrected chi connectivity index (χ0v) is 34.2. The number of H-pyrrole nitrogens is 1. The van der Waals surface area contributed by atoms with E-state index in [0.717, 1.165) is 51.0 Å². The topological polar surface area (TPSA) is 129 Å². The maximum atomic E-state index is 16.1. The van der Waals surface area contributed by atoms with Gasteiger partial charge in [-0.1, -0.05) is 24.3 Å². The molecule has 5 aliphatic heterocycles. The molecule has 2 fully saturated rings. The fraction of sp³-hybridized carbons (Fsp3) is 0.457. The van der Waals surface area contributed by atoms with Gasteiger partial charge in [-0.05, 0) is 85.5 Å². The van der Waals surface area contributed by atoms with E-state index in [1.807, 2.05) is 35.2 Å². The Labute approximate surface area is 352 Å². The highest BCUT2D eigenvalue weighted by Gasteiger charge is 2.44. The number of likely N-dealkylation sites (tertiary alicyclic amines) is 1. The highest BCUT2D eigenvalue weighted by atomic mass is 19.3. The van der Waals surface area contributed by atoms with E-state index in [0.29, 0.717) is 82.6 Å². The maximum Gasteiger partial charge on any atom is 0.262 e. The number of alkyl halides is 2. The highest BCUT2D eigenvalue weighted by molar-refractivity contribution is 6.23. The lowest BCUT2D eigenvalue weighted by Crippen LogP contribution is -2.49. The zero-order chi connectivity index (χ0) is 42.5. The average molecular weight is 838 g/mol. The van der Waals surface area contributed by atoms with E-state index in [4.69, 9.17) is 0 Å². The number of benzene rings is 3. The van der Waals surface area contributed by atoms with Crippen LogP contribution >= 0.6 is 0 Å². The molecule has 12 nitrogen and oxygen atoms in total. The van der Waals surface area contributed by atoms with Gasteiger partial charge in [0.1, 0.15) is 18.1 Å². The predicted molar refractivity (Wildman–Crippen MR) is 222 cm³/mol. The van der Waals surface area contributed by atoms with E-state index in [1.54, 1.807) is 23.1 Å². The summed E-state index contributed by atoms with van der Waals surface area (Å²) in [6.07, 6.45) is 1.72. The average Bonchev–Trinajstić information content (AvgIpc) is 3.94. The number of fused-ring (bicyclic) bond motifs is 5. The molecule has 2 N–H and O–H groups in total. The van der Waals surface area contributed by atoms with Crippen LogP contribution in [-0.4, -0.2) is 119 Å². The highest BCUT2D eigenvalue weighted by Crippen LogP contribution is 2.41. The van der Waals surface area contributed by atoms with Gasteiger partial charge in [0.05, 0.1) is 23.7 Å². The summed E-state index contributed by atoms with van der Waals surface area (Å²) in [6.45, 7) is 3.65. The monoisotopic (exact) mass is 837 g/mol. The Morgan fingerprint density at radius 1 is 0.902 bits per heavy atom. The van der Waals surface area contributed by atoms with Crippen molar-refractivity contribution in [3.05, 3.63) is 99.5 Å². The van der Waals surface area contributed by atoms with Crippen molar-refractivity contribution in [1.29, 1.82) is 0 Å². The van der Waals surface area contributed by atoms with Crippen molar-refractivity contribution in [3.8, 4) is 0 Å². The lowest BCUT2D eigenvalue weighted by Gasteiger charge is -2.40. The number of carbonyl (C=O) groups excluding carboxylic acids is 5. The normalized spacial score (nSPS) is 20.7. The van der Waals surface area contributed by atoms with Crippen molar-refractivity contribution < 1.29 is 37.1 Å². The number of hydrogen-bond acceptors (Lipinski definition) is 8. The van der Waals surface area contributed by atoms with Gasteiger partial charge in [-0.2, -0.15) is 0 Å². The van der Waals surface area contributed by atoms with Crippen LogP contribution in [0, 0.1) is 11.7 Å². The molecule has 1 aromatic heterocycles. The minimum Gasteiger partial charge on any atom is -0.371 e. The van der Waals surface area contributed by atoms with Gasteiger partial charge in [0.25, 0.3) is 18.2 Å². The van der Waals surface area contributed by atoms with Gasteiger partial charge in [-0.25, -0.2) is 13.2 Å². The first kappa shape index (κ1) is 40.8. The number of likely N-dealkylation sites (N-methyl/N-ethyl adjacent to an activating group) is 1. The third kappa shape index (κ3) is 7.49. The fourth-order valence-corrected chi connectivity index (χ4v) is 10.5. The largest absolute Gasteiger partial charge is 0.371 e. The quantitative estimate of drug-likeness (QED) is 0.151. The number of anilines is 1. The van der Waals surface area contributed by atoms with Crippen molar-refractivity contribution in [3.63, 3.8) is 0 Å². The second-order valence-corrected chi connectivity index (χ2v) is 17.1. The number of aromatic nitrogens is 1. The van der Waals surface area contributed by atoms with E-state index in [9.17, 15) is 32.8 Å². The summed E-state index contributed by atoms with van der Waals surface area (Å²) in [7, 11) is 1.43. The van der Waals surface area contributed by atoms with Crippen LogP contribution in [0.25, 0.3) is 10.9 Å². The first-order valence-corrected chi connectivity index (χ1v) is 21.4. The van der Waals surface area contributed by atoms with Gasteiger partial charge in [-0.15, -0.1) is 0 Å². The number of imide groups is 1. The second-order valence-electron chi connectivity index (χ2n) is 17.1. The summed E-state index contributed by atoms with van der Waals surface area (Å²) < 4.78 is 43.6. The first-order chi connectivity index (χ1) is 29.5. The molecule has 4 amide bonds. The number of para-hydroxylation sites is 1. The molecular weight excluding hydrogens is 788 g/mol. The number of nitrogens with one attached hydrogen (secondary N) is 2. The number of halogens is 3. The van der Waals surface area contributed by atoms with Gasteiger partial charge in [0.15, 0.2) is 0 Å². The number of aldehydes is 1. The second kappa shape index (κ2) is 16.7. The van der Waals surface area contributed by atoms with Crippen molar-refractivity contribution in [2.24, 2.45) is 5.92 Å². The molecule has 61 heavy (non-hydrogen) atoms. The molecule has 2 saturated heterocycles. The molecule has 4 aromatic rings. The van der Waals surface area contributed by atoms with Crippen LogP contribution in [0.15, 0.2) is 54.6 Å². The Balaban J connectivity index is 0.793. The minimum atomic E-state index is -2.55. The van der Waals surface area contributed by atoms with Crippen LogP contribution in [-0.2, 0) is 33.9 Å². The zero-order valence-electron chi connectivity index (χ0n) is 34.2. The Hall–Kier alpha value is -5.54. The number of aromatic amines is 1. The van der Waals surface area contributed by atoms with Crippen molar-refractivity contribution >= 4 is 46.5 Å². The number of rotatable bonds is 11. The lowest BCUT2D eigenvalue weighted by atomic mass is 9.91. The van der Waals surface area contributed by atoms with Crippen molar-refractivity contribution in [2.45, 2.75) is 82.6 Å². The summed E-state index contributed by atoms with van der Waals surface area (Å²) in [5.74, 6) is -1.96. The van der Waals surface area contributed by atoms with Crippen LogP contribution in [0.4, 0.5) is 18.9 Å². The Morgan fingerprint density at radius 2 is 1.59 bits per heavy atom. The number of nitrogens with zero attached hydrogens (tertiary/aromatic N) is 5. The Kier molecular flexibility index (Phi) is 11.2. The molecule has 0 saturated carbocycles. The van der Waals surface area contributed by atoms with Gasteiger partial charge in [0, 0.05) is 99.1 Å². The smallest absolute Gasteiger partial charge is 0.262 e. The third-order valence-corrected chi connectivity index (χ3v) is 13.7. The van der Waals surface area contributed by atoms with E-state index >= 15 is 4.39 Å². The number of carbonyl (C=O) groups is 5. The molecule has 1 unspecified atom stereocenters. The number of amides is 4. The fourth-order valence-electron chi connectivity index (χ4n) is 10.5. The van der Waals surface area contributed by atoms with Crippen molar-refractivity contribution in [1.82, 2.24) is 29.9 Å². The van der Waals surface area contributed by atoms with E-state index in [2.05, 4.69) is 20.1 Å². The maximum absolute atomic E-state index is 16.1. The Bertz CT molecular complexity index is 2340. The summed E-state index contributed by atoms with van der Waals surface area (Å²) in [5.41, 5.74) is 6.30. The number of hydrogen-bond donors (Lipinski definition) is 2. The third-order valence-electron chi connectivity index (χ3n) is 13.7. The molecule has 0 radical (unpaired) electrons. The molecule has 0 aliphatic carbocycles. The standard InChI is InChI=1S/C46H50F3N7O5/c1-50-43(58)39(7-4-20-57)56-45(60)35-21-28-24-55(25-29(28)22-36(35)46(56)61)30-12-17-53(18-13-30)44(59)27-10-15-52(16-11-27)31-8-9-34(37(47)23-31)42-41-33(14-19-54(42)26-40(48)49)32-5-2-3-6-38(32)51-41/h2-3,5-6,8-9,20-23,27,30,39-40,42,51H,4,7,10-19,24-26H2,1H3,(H,50,58)/t39?,42-/m1/s1. The predicted octanol–water partition coefficient (Wildman–Crippen LogP) is 5.43. The van der Waals surface area contributed by atoms with E-state index < -0.39 is 48.6 Å². The summed E-state index contributed by atoms with van der Waals surface area (Å²) in [4.78, 5) is 76.8. The summed E-state index contributed by atoms with van der Waals surface area (Å²) >= 11 is 0. The summed E-state index contributed by atoms with van der Waals surface area (Å²) in [5, 5.41) is 3.54. The lowest BCUT2D eigenvalue weighted by molar-refractivity contribution is -0.137.